The van der Waals surface area contributed by atoms with Crippen molar-refractivity contribution in [2.45, 2.75) is 29.9 Å². The van der Waals surface area contributed by atoms with Crippen LogP contribution in [0.25, 0.3) is 0 Å². The molecule has 1 atom stereocenters. The highest BCUT2D eigenvalue weighted by Crippen LogP contribution is 2.27. The maximum absolute atomic E-state index is 12.4. The van der Waals surface area contributed by atoms with Gasteiger partial charge in [-0.2, -0.15) is 0 Å². The van der Waals surface area contributed by atoms with Crippen molar-refractivity contribution in [3.63, 3.8) is 0 Å². The van der Waals surface area contributed by atoms with E-state index in [0.29, 0.717) is 17.1 Å². The molecular formula is C20H22N2O5S. The molecule has 0 fully saturated rings. The van der Waals surface area contributed by atoms with Gasteiger partial charge in [0.15, 0.2) is 0 Å². The van der Waals surface area contributed by atoms with Gasteiger partial charge in [-0.15, -0.1) is 11.8 Å². The molecule has 7 nitrogen and oxygen atoms in total. The standard InChI is InChI=1S/C20H22N2O5S/c1-13(20(26)22-14-5-3-7-16(11-14)27-2)28-17-8-4-6-15(12-17)21-18(23)9-10-19(24)25/h3-8,11-13H,9-10H2,1-2H3,(H,21,23)(H,22,26)(H,24,25). The Kier molecular flexibility index (Phi) is 7.88. The van der Waals surface area contributed by atoms with E-state index >= 15 is 0 Å². The highest BCUT2D eigenvalue weighted by atomic mass is 32.2. The van der Waals surface area contributed by atoms with Crippen LogP contribution in [0.4, 0.5) is 11.4 Å². The molecule has 0 aliphatic rings. The van der Waals surface area contributed by atoms with E-state index in [9.17, 15) is 14.4 Å². The second-order valence-electron chi connectivity index (χ2n) is 5.95. The normalized spacial score (nSPS) is 11.4. The number of nitrogens with one attached hydrogen (secondary N) is 2. The van der Waals surface area contributed by atoms with E-state index in [1.165, 1.54) is 11.8 Å². The molecule has 1 unspecified atom stereocenters. The van der Waals surface area contributed by atoms with Gasteiger partial charge in [-0.1, -0.05) is 12.1 Å². The van der Waals surface area contributed by atoms with E-state index in [-0.39, 0.29) is 29.9 Å². The number of thioether (sulfide) groups is 1. The van der Waals surface area contributed by atoms with Crippen LogP contribution in [0, 0.1) is 0 Å². The number of anilines is 2. The number of methoxy groups -OCH3 is 1. The molecule has 2 rings (SSSR count). The first kappa shape index (κ1) is 21.3. The minimum atomic E-state index is -1.02. The van der Waals surface area contributed by atoms with Crippen LogP contribution in [0.2, 0.25) is 0 Å². The van der Waals surface area contributed by atoms with Crippen LogP contribution < -0.4 is 15.4 Å². The number of rotatable bonds is 9. The average Bonchev–Trinajstić information content (AvgIpc) is 2.66. The Morgan fingerprint density at radius 3 is 2.39 bits per heavy atom. The van der Waals surface area contributed by atoms with Crippen LogP contribution >= 0.6 is 11.8 Å². The Hall–Kier alpha value is -3.00. The Balaban J connectivity index is 1.93. The first-order valence-corrected chi connectivity index (χ1v) is 9.48. The summed E-state index contributed by atoms with van der Waals surface area (Å²) < 4.78 is 5.14. The minimum Gasteiger partial charge on any atom is -0.497 e. The van der Waals surface area contributed by atoms with Crippen molar-refractivity contribution >= 4 is 40.9 Å². The Labute approximate surface area is 167 Å². The van der Waals surface area contributed by atoms with E-state index in [1.54, 1.807) is 56.5 Å². The van der Waals surface area contributed by atoms with Crippen molar-refractivity contribution in [3.05, 3.63) is 48.5 Å². The number of aliphatic carboxylic acids is 1. The Morgan fingerprint density at radius 1 is 1.04 bits per heavy atom. The van der Waals surface area contributed by atoms with Gasteiger partial charge in [-0.3, -0.25) is 14.4 Å². The predicted molar refractivity (Wildman–Crippen MR) is 109 cm³/mol. The lowest BCUT2D eigenvalue weighted by Crippen LogP contribution is -2.22. The molecule has 28 heavy (non-hydrogen) atoms. The molecule has 3 N–H and O–H groups in total. The quantitative estimate of drug-likeness (QED) is 0.554. The topological polar surface area (TPSA) is 105 Å². The van der Waals surface area contributed by atoms with Gasteiger partial charge in [-0.05, 0) is 37.3 Å². The molecule has 0 aliphatic carbocycles. The van der Waals surface area contributed by atoms with Crippen LogP contribution in [0.5, 0.6) is 5.75 Å². The fourth-order valence-electron chi connectivity index (χ4n) is 2.29. The van der Waals surface area contributed by atoms with Gasteiger partial charge in [0.05, 0.1) is 18.8 Å². The molecule has 8 heteroatoms. The first-order valence-electron chi connectivity index (χ1n) is 8.60. The summed E-state index contributed by atoms with van der Waals surface area (Å²) in [5, 5.41) is 13.8. The maximum Gasteiger partial charge on any atom is 0.303 e. The zero-order valence-corrected chi connectivity index (χ0v) is 16.4. The van der Waals surface area contributed by atoms with Crippen molar-refractivity contribution in [3.8, 4) is 5.75 Å². The fourth-order valence-corrected chi connectivity index (χ4v) is 3.22. The summed E-state index contributed by atoms with van der Waals surface area (Å²) in [6, 6.07) is 14.2. The van der Waals surface area contributed by atoms with Crippen molar-refractivity contribution < 1.29 is 24.2 Å². The summed E-state index contributed by atoms with van der Waals surface area (Å²) in [7, 11) is 1.56. The largest absolute Gasteiger partial charge is 0.497 e. The number of hydrogen-bond acceptors (Lipinski definition) is 5. The summed E-state index contributed by atoms with van der Waals surface area (Å²) in [6.45, 7) is 1.79. The molecule has 0 aromatic heterocycles. The number of benzene rings is 2. The summed E-state index contributed by atoms with van der Waals surface area (Å²) >= 11 is 1.35. The highest BCUT2D eigenvalue weighted by molar-refractivity contribution is 8.00. The number of carboxylic acid groups (broad SMARTS) is 1. The van der Waals surface area contributed by atoms with Gasteiger partial charge < -0.3 is 20.5 Å². The molecule has 0 radical (unpaired) electrons. The molecule has 0 bridgehead atoms. The molecule has 0 aliphatic heterocycles. The second-order valence-corrected chi connectivity index (χ2v) is 7.37. The van der Waals surface area contributed by atoms with Crippen LogP contribution in [0.1, 0.15) is 19.8 Å². The molecule has 0 spiro atoms. The molecule has 148 valence electrons. The number of carbonyl (C=O) groups is 3. The number of carbonyl (C=O) groups excluding carboxylic acids is 2. The van der Waals surface area contributed by atoms with Crippen molar-refractivity contribution in [2.75, 3.05) is 17.7 Å². The van der Waals surface area contributed by atoms with Crippen LogP contribution in [0.3, 0.4) is 0 Å². The highest BCUT2D eigenvalue weighted by Gasteiger charge is 2.15. The summed E-state index contributed by atoms with van der Waals surface area (Å²) in [5.74, 6) is -0.887. The molecule has 0 saturated heterocycles. The van der Waals surface area contributed by atoms with Gasteiger partial charge in [-0.25, -0.2) is 0 Å². The number of carboxylic acids is 1. The lowest BCUT2D eigenvalue weighted by atomic mass is 10.2. The first-order chi connectivity index (χ1) is 13.4. The third-order valence-corrected chi connectivity index (χ3v) is 4.80. The third-order valence-electron chi connectivity index (χ3n) is 3.70. The van der Waals surface area contributed by atoms with Crippen molar-refractivity contribution in [1.82, 2.24) is 0 Å². The minimum absolute atomic E-state index is 0.0912. The molecule has 2 amide bonds. The lowest BCUT2D eigenvalue weighted by Gasteiger charge is -2.13. The van der Waals surface area contributed by atoms with Gasteiger partial charge in [0, 0.05) is 28.8 Å². The number of amides is 2. The van der Waals surface area contributed by atoms with Crippen molar-refractivity contribution in [2.24, 2.45) is 0 Å². The predicted octanol–water partition coefficient (Wildman–Crippen LogP) is 3.62. The van der Waals surface area contributed by atoms with E-state index < -0.39 is 5.97 Å². The average molecular weight is 402 g/mol. The van der Waals surface area contributed by atoms with Crippen LogP contribution in [-0.2, 0) is 14.4 Å². The third kappa shape index (κ3) is 6.96. The SMILES string of the molecule is COc1cccc(NC(=O)C(C)Sc2cccc(NC(=O)CCC(=O)O)c2)c1. The van der Waals surface area contributed by atoms with E-state index in [4.69, 9.17) is 9.84 Å². The molecule has 0 heterocycles. The van der Waals surface area contributed by atoms with Gasteiger partial charge >= 0.3 is 5.97 Å². The summed E-state index contributed by atoms with van der Waals surface area (Å²) in [6.07, 6.45) is -0.312. The maximum atomic E-state index is 12.4. The van der Waals surface area contributed by atoms with E-state index in [1.807, 2.05) is 6.07 Å². The Bertz CT molecular complexity index is 856. The second kappa shape index (κ2) is 10.4. The van der Waals surface area contributed by atoms with E-state index in [0.717, 1.165) is 4.90 Å². The molecule has 2 aromatic rings. The summed E-state index contributed by atoms with van der Waals surface area (Å²) in [4.78, 5) is 35.5. The van der Waals surface area contributed by atoms with E-state index in [2.05, 4.69) is 10.6 Å². The van der Waals surface area contributed by atoms with Crippen LogP contribution in [0.15, 0.2) is 53.4 Å². The zero-order valence-electron chi connectivity index (χ0n) is 15.6. The fraction of sp³-hybridized carbons (Fsp3) is 0.250. The molecule has 0 saturated carbocycles. The lowest BCUT2D eigenvalue weighted by molar-refractivity contribution is -0.138. The van der Waals surface area contributed by atoms with Gasteiger partial charge in [0.25, 0.3) is 0 Å². The molecular weight excluding hydrogens is 380 g/mol. The van der Waals surface area contributed by atoms with Crippen molar-refractivity contribution in [1.29, 1.82) is 0 Å². The Morgan fingerprint density at radius 2 is 1.71 bits per heavy atom. The van der Waals surface area contributed by atoms with Gasteiger partial charge in [0.2, 0.25) is 11.8 Å². The number of hydrogen-bond donors (Lipinski definition) is 3. The monoisotopic (exact) mass is 402 g/mol. The molecule has 2 aromatic carbocycles. The smallest absolute Gasteiger partial charge is 0.303 e. The zero-order chi connectivity index (χ0) is 20.5. The van der Waals surface area contributed by atoms with Gasteiger partial charge in [0.1, 0.15) is 5.75 Å². The number of ether oxygens (including phenoxy) is 1. The summed E-state index contributed by atoms with van der Waals surface area (Å²) in [5.41, 5.74) is 1.21. The van der Waals surface area contributed by atoms with Crippen LogP contribution in [-0.4, -0.2) is 35.2 Å².